The second kappa shape index (κ2) is 9.07. The van der Waals surface area contributed by atoms with Crippen molar-refractivity contribution in [3.8, 4) is 0 Å². The van der Waals surface area contributed by atoms with Gasteiger partial charge in [-0.2, -0.15) is 0 Å². The molecule has 2 saturated heterocycles. The standard InChI is InChI=1S/C22H31N5O2/c1-18(25-14-16-29-17-15-25)22(28)27-12-10-26(11-13-27)20(19-6-4-3-5-7-19)21-23-8-9-24(21)2/h3-9,18,20H,10-17H2,1-2H3. The monoisotopic (exact) mass is 397 g/mol. The van der Waals surface area contributed by atoms with Gasteiger partial charge < -0.3 is 14.2 Å². The van der Waals surface area contributed by atoms with Gasteiger partial charge in [-0.1, -0.05) is 30.3 Å². The molecule has 0 saturated carbocycles. The number of benzene rings is 1. The fraction of sp³-hybridized carbons (Fsp3) is 0.545. The van der Waals surface area contributed by atoms with Gasteiger partial charge in [0.1, 0.15) is 5.82 Å². The Morgan fingerprint density at radius 2 is 1.69 bits per heavy atom. The topological polar surface area (TPSA) is 53.8 Å². The summed E-state index contributed by atoms with van der Waals surface area (Å²) in [5.74, 6) is 1.28. The second-order valence-corrected chi connectivity index (χ2v) is 7.90. The minimum absolute atomic E-state index is 0.0788. The predicted octanol–water partition coefficient (Wildman–Crippen LogP) is 1.37. The number of nitrogens with zero attached hydrogens (tertiary/aromatic N) is 5. The third-order valence-electron chi connectivity index (χ3n) is 6.16. The van der Waals surface area contributed by atoms with E-state index in [1.165, 1.54) is 5.56 Å². The number of rotatable bonds is 5. The van der Waals surface area contributed by atoms with Crippen LogP contribution in [-0.4, -0.2) is 88.7 Å². The van der Waals surface area contributed by atoms with Crippen molar-refractivity contribution in [3.63, 3.8) is 0 Å². The first-order valence-electron chi connectivity index (χ1n) is 10.5. The Morgan fingerprint density at radius 3 is 2.31 bits per heavy atom. The van der Waals surface area contributed by atoms with Crippen LogP contribution in [-0.2, 0) is 16.6 Å². The van der Waals surface area contributed by atoms with Crippen molar-refractivity contribution in [2.45, 2.75) is 19.0 Å². The zero-order valence-electron chi connectivity index (χ0n) is 17.4. The van der Waals surface area contributed by atoms with Crippen LogP contribution in [0.3, 0.4) is 0 Å². The first-order valence-corrected chi connectivity index (χ1v) is 10.5. The van der Waals surface area contributed by atoms with Crippen LogP contribution in [0.1, 0.15) is 24.4 Å². The summed E-state index contributed by atoms with van der Waals surface area (Å²) < 4.78 is 7.51. The van der Waals surface area contributed by atoms with Crippen molar-refractivity contribution in [3.05, 3.63) is 54.1 Å². The Labute approximate surface area is 172 Å². The number of piperazine rings is 1. The smallest absolute Gasteiger partial charge is 0.239 e. The molecule has 1 aromatic heterocycles. The average Bonchev–Trinajstić information content (AvgIpc) is 3.20. The molecular formula is C22H31N5O2. The number of carbonyl (C=O) groups excluding carboxylic acids is 1. The minimum atomic E-state index is -0.0788. The molecule has 4 rings (SSSR count). The quantitative estimate of drug-likeness (QED) is 0.763. The maximum Gasteiger partial charge on any atom is 0.239 e. The molecule has 2 unspecified atom stereocenters. The molecular weight excluding hydrogens is 366 g/mol. The van der Waals surface area contributed by atoms with Gasteiger partial charge in [0.25, 0.3) is 0 Å². The third-order valence-corrected chi connectivity index (χ3v) is 6.16. The van der Waals surface area contributed by atoms with E-state index < -0.39 is 0 Å². The maximum atomic E-state index is 13.0. The molecule has 0 spiro atoms. The number of morpholine rings is 1. The van der Waals surface area contributed by atoms with Crippen LogP contribution in [0.25, 0.3) is 0 Å². The van der Waals surface area contributed by atoms with Crippen molar-refractivity contribution in [1.82, 2.24) is 24.3 Å². The molecule has 2 aliphatic rings. The van der Waals surface area contributed by atoms with E-state index in [0.29, 0.717) is 13.2 Å². The molecule has 2 aliphatic heterocycles. The van der Waals surface area contributed by atoms with Crippen LogP contribution < -0.4 is 0 Å². The lowest BCUT2D eigenvalue weighted by molar-refractivity contribution is -0.140. The van der Waals surface area contributed by atoms with E-state index in [1.807, 2.05) is 37.3 Å². The molecule has 3 heterocycles. The first kappa shape index (κ1) is 20.1. The molecule has 2 fully saturated rings. The Bertz CT molecular complexity index is 795. The Balaban J connectivity index is 1.44. The van der Waals surface area contributed by atoms with Crippen LogP contribution in [0, 0.1) is 0 Å². The zero-order valence-corrected chi connectivity index (χ0v) is 17.4. The number of hydrogen-bond donors (Lipinski definition) is 0. The Hall–Kier alpha value is -2.22. The highest BCUT2D eigenvalue weighted by atomic mass is 16.5. The Kier molecular flexibility index (Phi) is 6.28. The van der Waals surface area contributed by atoms with Gasteiger partial charge in [0.15, 0.2) is 0 Å². The zero-order chi connectivity index (χ0) is 20.2. The highest BCUT2D eigenvalue weighted by Gasteiger charge is 2.33. The number of aryl methyl sites for hydroxylation is 1. The summed E-state index contributed by atoms with van der Waals surface area (Å²) in [5.41, 5.74) is 1.24. The number of imidazole rings is 1. The summed E-state index contributed by atoms with van der Waals surface area (Å²) >= 11 is 0. The molecule has 156 valence electrons. The summed E-state index contributed by atoms with van der Waals surface area (Å²) in [7, 11) is 2.04. The highest BCUT2D eigenvalue weighted by Crippen LogP contribution is 2.28. The first-order chi connectivity index (χ1) is 14.1. The van der Waals surface area contributed by atoms with Gasteiger partial charge in [-0.3, -0.25) is 14.6 Å². The van der Waals surface area contributed by atoms with E-state index >= 15 is 0 Å². The van der Waals surface area contributed by atoms with E-state index in [9.17, 15) is 4.79 Å². The van der Waals surface area contributed by atoms with Gasteiger partial charge in [0.05, 0.1) is 25.3 Å². The average molecular weight is 398 g/mol. The van der Waals surface area contributed by atoms with E-state index in [1.54, 1.807) is 0 Å². The second-order valence-electron chi connectivity index (χ2n) is 7.90. The van der Waals surface area contributed by atoms with Crippen molar-refractivity contribution >= 4 is 5.91 Å². The van der Waals surface area contributed by atoms with Crippen molar-refractivity contribution in [2.75, 3.05) is 52.5 Å². The summed E-state index contributed by atoms with van der Waals surface area (Å²) in [6, 6.07) is 10.6. The molecule has 1 aromatic carbocycles. The lowest BCUT2D eigenvalue weighted by Gasteiger charge is -2.41. The molecule has 29 heavy (non-hydrogen) atoms. The van der Waals surface area contributed by atoms with E-state index in [4.69, 9.17) is 4.74 Å². The number of aromatic nitrogens is 2. The van der Waals surface area contributed by atoms with Crippen LogP contribution >= 0.6 is 0 Å². The summed E-state index contributed by atoms with van der Waals surface area (Å²) in [4.78, 5) is 24.4. The summed E-state index contributed by atoms with van der Waals surface area (Å²) in [5, 5.41) is 0. The van der Waals surface area contributed by atoms with Crippen LogP contribution in [0.5, 0.6) is 0 Å². The van der Waals surface area contributed by atoms with Gasteiger partial charge in [0, 0.05) is 58.7 Å². The van der Waals surface area contributed by atoms with Gasteiger partial charge in [-0.25, -0.2) is 4.98 Å². The van der Waals surface area contributed by atoms with E-state index in [-0.39, 0.29) is 18.0 Å². The van der Waals surface area contributed by atoms with Gasteiger partial charge in [-0.15, -0.1) is 0 Å². The van der Waals surface area contributed by atoms with Crippen molar-refractivity contribution < 1.29 is 9.53 Å². The molecule has 0 radical (unpaired) electrons. The van der Waals surface area contributed by atoms with Gasteiger partial charge >= 0.3 is 0 Å². The lowest BCUT2D eigenvalue weighted by atomic mass is 10.0. The summed E-state index contributed by atoms with van der Waals surface area (Å²) in [6.45, 7) is 8.32. The SMILES string of the molecule is CC(C(=O)N1CCN(C(c2ccccc2)c2nccn2C)CC1)N1CCOCC1. The maximum absolute atomic E-state index is 13.0. The third kappa shape index (κ3) is 4.37. The van der Waals surface area contributed by atoms with Crippen LogP contribution in [0.15, 0.2) is 42.7 Å². The molecule has 1 amide bonds. The normalized spacial score (nSPS) is 21.1. The van der Waals surface area contributed by atoms with Crippen LogP contribution in [0.4, 0.5) is 0 Å². The fourth-order valence-electron chi connectivity index (χ4n) is 4.38. The molecule has 0 aliphatic carbocycles. The molecule has 2 aromatic rings. The fourth-order valence-corrected chi connectivity index (χ4v) is 4.38. The number of amides is 1. The van der Waals surface area contributed by atoms with Gasteiger partial charge in [0.2, 0.25) is 5.91 Å². The Morgan fingerprint density at radius 1 is 1.00 bits per heavy atom. The summed E-state index contributed by atoms with van der Waals surface area (Å²) in [6.07, 6.45) is 3.85. The lowest BCUT2D eigenvalue weighted by Crippen LogP contribution is -2.56. The largest absolute Gasteiger partial charge is 0.379 e. The minimum Gasteiger partial charge on any atom is -0.379 e. The van der Waals surface area contributed by atoms with Crippen molar-refractivity contribution in [1.29, 1.82) is 0 Å². The highest BCUT2D eigenvalue weighted by molar-refractivity contribution is 5.81. The van der Waals surface area contributed by atoms with Crippen LogP contribution in [0.2, 0.25) is 0 Å². The molecule has 0 bridgehead atoms. The molecule has 7 heteroatoms. The molecule has 0 N–H and O–H groups in total. The molecule has 2 atom stereocenters. The van der Waals surface area contributed by atoms with Gasteiger partial charge in [-0.05, 0) is 12.5 Å². The molecule has 7 nitrogen and oxygen atoms in total. The predicted molar refractivity (Wildman–Crippen MR) is 112 cm³/mol. The van der Waals surface area contributed by atoms with E-state index in [2.05, 4.69) is 43.6 Å². The number of carbonyl (C=O) groups is 1. The van der Waals surface area contributed by atoms with Crippen molar-refractivity contribution in [2.24, 2.45) is 7.05 Å². The van der Waals surface area contributed by atoms with E-state index in [0.717, 1.165) is 45.1 Å². The number of hydrogen-bond acceptors (Lipinski definition) is 5. The number of ether oxygens (including phenoxy) is 1.